The third kappa shape index (κ3) is 11.2. The molecule has 0 bridgehead atoms. The molecule has 4 nitrogen and oxygen atoms in total. The van der Waals surface area contributed by atoms with Crippen molar-refractivity contribution in [3.63, 3.8) is 0 Å². The quantitative estimate of drug-likeness (QED) is 0.0561. The van der Waals surface area contributed by atoms with E-state index in [1.54, 1.807) is 0 Å². The summed E-state index contributed by atoms with van der Waals surface area (Å²) >= 11 is 0. The lowest BCUT2D eigenvalue weighted by Gasteiger charge is -2.15. The predicted molar refractivity (Wildman–Crippen MR) is 203 cm³/mol. The highest BCUT2D eigenvalue weighted by atomic mass is 16.5. The summed E-state index contributed by atoms with van der Waals surface area (Å²) < 4.78 is 12.6. The van der Waals surface area contributed by atoms with Gasteiger partial charge in [-0.3, -0.25) is 0 Å². The van der Waals surface area contributed by atoms with Crippen LogP contribution in [0.2, 0.25) is 0 Å². The number of rotatable bonds is 24. The molecule has 256 valence electrons. The molecule has 0 fully saturated rings. The minimum atomic E-state index is 0.406. The Kier molecular flexibility index (Phi) is 16.4. The molecule has 4 aromatic carbocycles. The molecule has 0 aliphatic carbocycles. The van der Waals surface area contributed by atoms with Crippen molar-refractivity contribution in [2.45, 2.75) is 142 Å². The molecule has 0 saturated heterocycles. The van der Waals surface area contributed by atoms with Crippen LogP contribution in [0.15, 0.2) is 48.5 Å². The topological polar surface area (TPSA) is 66.0 Å². The number of hydrogen-bond acceptors (Lipinski definition) is 4. The van der Waals surface area contributed by atoms with Crippen LogP contribution in [0.25, 0.3) is 32.3 Å². The second-order valence-electron chi connectivity index (χ2n) is 13.6. The lowest BCUT2D eigenvalue weighted by Crippen LogP contribution is -1.98. The number of hydrogen-bond donors (Lipinski definition) is 0. The molecule has 0 aliphatic heterocycles. The van der Waals surface area contributed by atoms with Gasteiger partial charge in [0.25, 0.3) is 0 Å². The first-order valence-corrected chi connectivity index (χ1v) is 19.2. The minimum Gasteiger partial charge on any atom is -0.494 e. The van der Waals surface area contributed by atoms with Gasteiger partial charge in [0.15, 0.2) is 0 Å². The van der Waals surface area contributed by atoms with E-state index in [1.165, 1.54) is 116 Å². The van der Waals surface area contributed by atoms with Gasteiger partial charge < -0.3 is 9.47 Å². The zero-order valence-electron chi connectivity index (χ0n) is 29.9. The zero-order chi connectivity index (χ0) is 33.8. The maximum atomic E-state index is 9.77. The molecule has 48 heavy (non-hydrogen) atoms. The lowest BCUT2D eigenvalue weighted by molar-refractivity contribution is 0.304. The van der Waals surface area contributed by atoms with Crippen molar-refractivity contribution in [2.24, 2.45) is 0 Å². The van der Waals surface area contributed by atoms with Gasteiger partial charge in [-0.2, -0.15) is 10.5 Å². The maximum Gasteiger partial charge on any atom is 0.119 e. The smallest absolute Gasteiger partial charge is 0.119 e. The summed E-state index contributed by atoms with van der Waals surface area (Å²) in [6.07, 6.45) is 26.1. The molecule has 0 radical (unpaired) electrons. The summed E-state index contributed by atoms with van der Waals surface area (Å²) in [7, 11) is 0. The highest BCUT2D eigenvalue weighted by Crippen LogP contribution is 2.39. The average Bonchev–Trinajstić information content (AvgIpc) is 3.12. The van der Waals surface area contributed by atoms with E-state index in [1.807, 2.05) is 24.3 Å². The van der Waals surface area contributed by atoms with Gasteiger partial charge in [-0.05, 0) is 81.6 Å². The largest absolute Gasteiger partial charge is 0.494 e. The van der Waals surface area contributed by atoms with E-state index in [0.29, 0.717) is 24.3 Å². The first kappa shape index (κ1) is 37.1. The molecule has 0 heterocycles. The van der Waals surface area contributed by atoms with Gasteiger partial charge in [0.05, 0.1) is 24.3 Å². The number of unbranched alkanes of at least 4 members (excludes halogenated alkanes) is 18. The molecule has 4 heteroatoms. The van der Waals surface area contributed by atoms with E-state index in [4.69, 9.17) is 9.47 Å². The molecular weight excluding hydrogens is 588 g/mol. The molecule has 0 aliphatic rings. The monoisotopic (exact) mass is 646 g/mol. The van der Waals surface area contributed by atoms with E-state index in [2.05, 4.69) is 50.3 Å². The molecule has 0 saturated carbocycles. The maximum absolute atomic E-state index is 9.77. The van der Waals surface area contributed by atoms with E-state index >= 15 is 0 Å². The van der Waals surface area contributed by atoms with Crippen molar-refractivity contribution in [2.75, 3.05) is 13.2 Å². The van der Waals surface area contributed by atoms with Crippen LogP contribution in [0.1, 0.15) is 153 Å². The van der Waals surface area contributed by atoms with Gasteiger partial charge in [-0.25, -0.2) is 0 Å². The summed E-state index contributed by atoms with van der Waals surface area (Å²) in [6, 6.07) is 20.8. The molecule has 0 N–H and O–H groups in total. The SMILES string of the molecule is CCCCCCCCCCCCOc1ccc2c(c1)c1cc(OCCCCCCCCCCCC)ccc1c1cc(C#N)c(C#N)cc21. The Morgan fingerprint density at radius 2 is 0.708 bits per heavy atom. The Morgan fingerprint density at radius 1 is 0.396 bits per heavy atom. The van der Waals surface area contributed by atoms with Gasteiger partial charge in [-0.1, -0.05) is 142 Å². The lowest BCUT2D eigenvalue weighted by atomic mass is 9.91. The zero-order valence-corrected chi connectivity index (χ0v) is 29.9. The number of nitriles is 2. The van der Waals surface area contributed by atoms with Crippen LogP contribution < -0.4 is 9.47 Å². The van der Waals surface area contributed by atoms with Crippen molar-refractivity contribution in [1.82, 2.24) is 0 Å². The fraction of sp³-hybridized carbons (Fsp3) is 0.545. The second-order valence-corrected chi connectivity index (χ2v) is 13.6. The van der Waals surface area contributed by atoms with Crippen LogP contribution in [0.5, 0.6) is 11.5 Å². The first-order valence-electron chi connectivity index (χ1n) is 19.2. The number of ether oxygens (including phenoxy) is 2. The molecule has 0 spiro atoms. The van der Waals surface area contributed by atoms with Crippen molar-refractivity contribution in [1.29, 1.82) is 10.5 Å². The third-order valence-electron chi connectivity index (χ3n) is 9.78. The van der Waals surface area contributed by atoms with E-state index in [0.717, 1.165) is 56.7 Å². The fourth-order valence-corrected chi connectivity index (χ4v) is 6.93. The molecular formula is C44H58N2O2. The molecule has 4 aromatic rings. The Morgan fingerprint density at radius 3 is 1.04 bits per heavy atom. The van der Waals surface area contributed by atoms with Crippen LogP contribution in [0.4, 0.5) is 0 Å². The van der Waals surface area contributed by atoms with Gasteiger partial charge in [-0.15, -0.1) is 0 Å². The van der Waals surface area contributed by atoms with Crippen LogP contribution in [-0.4, -0.2) is 13.2 Å². The van der Waals surface area contributed by atoms with Crippen molar-refractivity contribution in [3.8, 4) is 23.6 Å². The molecule has 4 rings (SSSR count). The van der Waals surface area contributed by atoms with Crippen molar-refractivity contribution >= 4 is 32.3 Å². The number of nitrogens with zero attached hydrogens (tertiary/aromatic N) is 2. The van der Waals surface area contributed by atoms with E-state index in [9.17, 15) is 10.5 Å². The van der Waals surface area contributed by atoms with Gasteiger partial charge >= 0.3 is 0 Å². The summed E-state index contributed by atoms with van der Waals surface area (Å²) in [5, 5.41) is 25.8. The van der Waals surface area contributed by atoms with E-state index < -0.39 is 0 Å². The molecule has 0 unspecified atom stereocenters. The van der Waals surface area contributed by atoms with Crippen molar-refractivity contribution in [3.05, 3.63) is 59.7 Å². The standard InChI is InChI=1S/C44H58N2O2/c1-3-5-7-9-11-13-15-17-19-21-27-47-37-23-25-39-41-29-35(33-45)36(34-46)30-42(41)40-26-24-38(32-44(40)43(39)31-37)48-28-22-20-18-16-14-12-10-8-6-4-2/h23-26,29-32H,3-22,27-28H2,1-2H3. The van der Waals surface area contributed by atoms with Crippen LogP contribution in [-0.2, 0) is 0 Å². The third-order valence-corrected chi connectivity index (χ3v) is 9.78. The average molecular weight is 647 g/mol. The Labute approximate surface area is 290 Å². The van der Waals surface area contributed by atoms with Crippen LogP contribution in [0, 0.1) is 22.7 Å². The summed E-state index contributed by atoms with van der Waals surface area (Å²) in [6.45, 7) is 5.97. The minimum absolute atomic E-state index is 0.406. The summed E-state index contributed by atoms with van der Waals surface area (Å²) in [4.78, 5) is 0. The molecule has 0 amide bonds. The van der Waals surface area contributed by atoms with E-state index in [-0.39, 0.29) is 0 Å². The molecule has 0 aromatic heterocycles. The highest BCUT2D eigenvalue weighted by molar-refractivity contribution is 6.26. The van der Waals surface area contributed by atoms with Crippen molar-refractivity contribution < 1.29 is 9.47 Å². The van der Waals surface area contributed by atoms with Gasteiger partial charge in [0.1, 0.15) is 23.6 Å². The Balaban J connectivity index is 1.41. The normalized spacial score (nSPS) is 11.2. The highest BCUT2D eigenvalue weighted by Gasteiger charge is 2.14. The predicted octanol–water partition coefficient (Wildman–Crippen LogP) is 13.5. The summed E-state index contributed by atoms with van der Waals surface area (Å²) in [5.41, 5.74) is 0.812. The Hall–Kier alpha value is -3.76. The first-order chi connectivity index (χ1) is 23.7. The second kappa shape index (κ2) is 21.3. The number of fused-ring (bicyclic) bond motifs is 6. The Bertz CT molecular complexity index is 1520. The molecule has 0 atom stereocenters. The number of benzene rings is 4. The van der Waals surface area contributed by atoms with Gasteiger partial charge in [0, 0.05) is 0 Å². The van der Waals surface area contributed by atoms with Crippen LogP contribution in [0.3, 0.4) is 0 Å². The van der Waals surface area contributed by atoms with Crippen LogP contribution >= 0.6 is 0 Å². The summed E-state index contributed by atoms with van der Waals surface area (Å²) in [5.74, 6) is 1.73. The van der Waals surface area contributed by atoms with Gasteiger partial charge in [0.2, 0.25) is 0 Å². The fourth-order valence-electron chi connectivity index (χ4n) is 6.93.